The molecule has 6 nitrogen and oxygen atoms in total. The van der Waals surface area contributed by atoms with Crippen LogP contribution in [0.25, 0.3) is 16.6 Å². The lowest BCUT2D eigenvalue weighted by atomic mass is 10.0. The molecule has 8 heteroatoms. The number of benzene rings is 3. The molecule has 1 heterocycles. The Morgan fingerprint density at radius 3 is 2.50 bits per heavy atom. The van der Waals surface area contributed by atoms with Gasteiger partial charge in [-0.3, -0.25) is 0 Å². The molecule has 2 atom stereocenters. The first-order chi connectivity index (χ1) is 16.4. The maximum atomic E-state index is 13.3. The van der Waals surface area contributed by atoms with Crippen molar-refractivity contribution in [3.8, 4) is 11.4 Å². The minimum Gasteiger partial charge on any atom is -0.484 e. The quantitative estimate of drug-likeness (QED) is 0.329. The van der Waals surface area contributed by atoms with Crippen LogP contribution in [0.5, 0.6) is 5.75 Å². The van der Waals surface area contributed by atoms with E-state index in [-0.39, 0.29) is 11.6 Å². The highest BCUT2D eigenvalue weighted by Gasteiger charge is 2.25. The van der Waals surface area contributed by atoms with Crippen molar-refractivity contribution in [3.05, 3.63) is 90.4 Å². The van der Waals surface area contributed by atoms with E-state index in [1.165, 1.54) is 12.1 Å². The van der Waals surface area contributed by atoms with E-state index < -0.39 is 22.2 Å². The van der Waals surface area contributed by atoms with Crippen LogP contribution in [0.2, 0.25) is 0 Å². The van der Waals surface area contributed by atoms with E-state index in [0.717, 1.165) is 28.6 Å². The molecular formula is C26H28FN3O3S. The van der Waals surface area contributed by atoms with Crippen LogP contribution in [0, 0.1) is 5.82 Å². The second-order valence-corrected chi connectivity index (χ2v) is 10.2. The van der Waals surface area contributed by atoms with Crippen LogP contribution in [0.1, 0.15) is 38.4 Å². The van der Waals surface area contributed by atoms with Crippen LogP contribution in [0.4, 0.5) is 4.39 Å². The third kappa shape index (κ3) is 5.63. The number of aromatic nitrogens is 2. The van der Waals surface area contributed by atoms with E-state index in [9.17, 15) is 12.8 Å². The summed E-state index contributed by atoms with van der Waals surface area (Å²) < 4.78 is 49.2. The fraction of sp³-hybridized carbons (Fsp3) is 0.269. The highest BCUT2D eigenvalue weighted by molar-refractivity contribution is 7.89. The lowest BCUT2D eigenvalue weighted by molar-refractivity contribution is 0.173. The first kappa shape index (κ1) is 23.9. The Labute approximate surface area is 199 Å². The zero-order chi connectivity index (χ0) is 24.1. The molecule has 0 unspecified atom stereocenters. The minimum atomic E-state index is -3.42. The summed E-state index contributed by atoms with van der Waals surface area (Å²) in [5.74, 6) is 0.381. The van der Waals surface area contributed by atoms with Gasteiger partial charge in [0.2, 0.25) is 10.0 Å². The lowest BCUT2D eigenvalue weighted by Gasteiger charge is -2.26. The van der Waals surface area contributed by atoms with E-state index in [1.54, 1.807) is 23.0 Å². The number of hydrogen-bond donors (Lipinski definition) is 1. The molecule has 1 N–H and O–H groups in total. The lowest BCUT2D eigenvalue weighted by Crippen LogP contribution is -2.40. The SMILES string of the molecule is CCCCS(=O)(=O)N[C@@H](C)[C@@H](Oc1ccc2c(cnn2-c2ccc(F)cc2)c1)c1ccccc1. The Hall–Kier alpha value is -3.23. The number of fused-ring (bicyclic) bond motifs is 1. The molecule has 1 aromatic heterocycles. The van der Waals surface area contributed by atoms with Gasteiger partial charge in [0.15, 0.2) is 0 Å². The highest BCUT2D eigenvalue weighted by atomic mass is 32.2. The highest BCUT2D eigenvalue weighted by Crippen LogP contribution is 2.29. The Morgan fingerprint density at radius 1 is 1.06 bits per heavy atom. The van der Waals surface area contributed by atoms with Crippen molar-refractivity contribution in [1.29, 1.82) is 0 Å². The van der Waals surface area contributed by atoms with Gasteiger partial charge in [0, 0.05) is 5.39 Å². The van der Waals surface area contributed by atoms with Crippen molar-refractivity contribution in [3.63, 3.8) is 0 Å². The number of unbranched alkanes of at least 4 members (excludes halogenated alkanes) is 1. The maximum Gasteiger partial charge on any atom is 0.211 e. The molecule has 0 spiro atoms. The Morgan fingerprint density at radius 2 is 1.79 bits per heavy atom. The second-order valence-electron chi connectivity index (χ2n) is 8.28. The van der Waals surface area contributed by atoms with Gasteiger partial charge >= 0.3 is 0 Å². The molecule has 4 rings (SSSR count). The van der Waals surface area contributed by atoms with Gasteiger partial charge in [-0.2, -0.15) is 5.10 Å². The molecular weight excluding hydrogens is 453 g/mol. The number of rotatable bonds is 10. The average molecular weight is 482 g/mol. The van der Waals surface area contributed by atoms with Crippen LogP contribution in [0.15, 0.2) is 79.0 Å². The molecule has 0 bridgehead atoms. The third-order valence-corrected chi connectivity index (χ3v) is 7.15. The molecule has 0 aliphatic rings. The van der Waals surface area contributed by atoms with Gasteiger partial charge in [-0.15, -0.1) is 0 Å². The molecule has 4 aromatic rings. The molecule has 0 saturated heterocycles. The van der Waals surface area contributed by atoms with Crippen molar-refractivity contribution < 1.29 is 17.5 Å². The van der Waals surface area contributed by atoms with Gasteiger partial charge in [0.25, 0.3) is 0 Å². The van der Waals surface area contributed by atoms with Crippen LogP contribution in [-0.2, 0) is 10.0 Å². The van der Waals surface area contributed by atoms with Gasteiger partial charge in [0.05, 0.1) is 29.2 Å². The van der Waals surface area contributed by atoms with Gasteiger partial charge in [-0.1, -0.05) is 43.7 Å². The number of nitrogens with zero attached hydrogens (tertiary/aromatic N) is 2. The maximum absolute atomic E-state index is 13.3. The van der Waals surface area contributed by atoms with E-state index in [0.29, 0.717) is 12.2 Å². The Balaban J connectivity index is 1.61. The molecule has 0 aliphatic carbocycles. The molecule has 3 aromatic carbocycles. The molecule has 0 fully saturated rings. The summed E-state index contributed by atoms with van der Waals surface area (Å²) in [5, 5.41) is 5.28. The van der Waals surface area contributed by atoms with Gasteiger partial charge in [-0.05, 0) is 61.4 Å². The Kier molecular flexibility index (Phi) is 7.29. The number of nitrogens with one attached hydrogen (secondary N) is 1. The van der Waals surface area contributed by atoms with E-state index in [4.69, 9.17) is 4.74 Å². The van der Waals surface area contributed by atoms with Crippen LogP contribution < -0.4 is 9.46 Å². The number of hydrogen-bond acceptors (Lipinski definition) is 4. The monoisotopic (exact) mass is 481 g/mol. The van der Waals surface area contributed by atoms with Crippen LogP contribution in [0.3, 0.4) is 0 Å². The van der Waals surface area contributed by atoms with Crippen molar-refractivity contribution in [2.45, 2.75) is 38.8 Å². The molecule has 178 valence electrons. The Bertz CT molecular complexity index is 1340. The van der Waals surface area contributed by atoms with Crippen LogP contribution in [-0.4, -0.2) is 30.0 Å². The standard InChI is InChI=1S/C26H28FN3O3S/c1-3-4-16-34(31,32)29-19(2)26(20-8-6-5-7-9-20)33-24-14-15-25-21(17-24)18-28-30(25)23-12-10-22(27)11-13-23/h5-15,17-19,26,29H,3-4,16H2,1-2H3/t19-,26+/m0/s1. The van der Waals surface area contributed by atoms with Gasteiger partial charge in [0.1, 0.15) is 17.7 Å². The minimum absolute atomic E-state index is 0.0872. The fourth-order valence-electron chi connectivity index (χ4n) is 3.86. The number of sulfonamides is 1. The predicted molar refractivity (Wildman–Crippen MR) is 132 cm³/mol. The van der Waals surface area contributed by atoms with E-state index in [2.05, 4.69) is 9.82 Å². The van der Waals surface area contributed by atoms with Crippen molar-refractivity contribution in [2.75, 3.05) is 5.75 Å². The first-order valence-electron chi connectivity index (χ1n) is 11.3. The molecule has 0 amide bonds. The van der Waals surface area contributed by atoms with Gasteiger partial charge < -0.3 is 4.74 Å². The smallest absolute Gasteiger partial charge is 0.211 e. The molecule has 0 aliphatic heterocycles. The topological polar surface area (TPSA) is 73.2 Å². The first-order valence-corrected chi connectivity index (χ1v) is 13.0. The second kappa shape index (κ2) is 10.4. The van der Waals surface area contributed by atoms with Gasteiger partial charge in [-0.25, -0.2) is 22.2 Å². The van der Waals surface area contributed by atoms with Crippen molar-refractivity contribution >= 4 is 20.9 Å². The van der Waals surface area contributed by atoms with Crippen molar-refractivity contribution in [1.82, 2.24) is 14.5 Å². The van der Waals surface area contributed by atoms with E-state index in [1.807, 2.05) is 62.4 Å². The largest absolute Gasteiger partial charge is 0.484 e. The third-order valence-electron chi connectivity index (χ3n) is 5.59. The summed E-state index contributed by atoms with van der Waals surface area (Å²) in [6.45, 7) is 3.77. The number of ether oxygens (including phenoxy) is 1. The zero-order valence-electron chi connectivity index (χ0n) is 19.2. The zero-order valence-corrected chi connectivity index (χ0v) is 20.0. The fourth-order valence-corrected chi connectivity index (χ4v) is 5.34. The summed E-state index contributed by atoms with van der Waals surface area (Å²) in [4.78, 5) is 0. The average Bonchev–Trinajstić information content (AvgIpc) is 3.25. The normalized spacial score (nSPS) is 13.6. The number of halogens is 1. The summed E-state index contributed by atoms with van der Waals surface area (Å²) in [6.07, 6.45) is 2.61. The summed E-state index contributed by atoms with van der Waals surface area (Å²) in [5.41, 5.74) is 2.47. The molecule has 0 saturated carbocycles. The predicted octanol–water partition coefficient (Wildman–Crippen LogP) is 5.39. The summed E-state index contributed by atoms with van der Waals surface area (Å²) in [7, 11) is -3.42. The summed E-state index contributed by atoms with van der Waals surface area (Å²) in [6, 6.07) is 20.8. The molecule has 0 radical (unpaired) electrons. The van der Waals surface area contributed by atoms with Crippen LogP contribution >= 0.6 is 0 Å². The van der Waals surface area contributed by atoms with E-state index >= 15 is 0 Å². The molecule has 34 heavy (non-hydrogen) atoms. The van der Waals surface area contributed by atoms with Crippen molar-refractivity contribution in [2.24, 2.45) is 0 Å². The summed E-state index contributed by atoms with van der Waals surface area (Å²) >= 11 is 0.